The molecule has 8 heteroatoms. The van der Waals surface area contributed by atoms with Gasteiger partial charge in [0.15, 0.2) is 0 Å². The Labute approximate surface area is 201 Å². The Hall–Kier alpha value is -4.10. The first kappa shape index (κ1) is 23.1. The normalized spacial score (nSPS) is 14.8. The zero-order valence-corrected chi connectivity index (χ0v) is 19.0. The number of amides is 4. The van der Waals surface area contributed by atoms with Gasteiger partial charge in [0, 0.05) is 5.02 Å². The third kappa shape index (κ3) is 5.27. The molecule has 0 aliphatic carbocycles. The summed E-state index contributed by atoms with van der Waals surface area (Å²) < 4.78 is 11.2. The fraction of sp³-hybridized carbons (Fsp3) is 0.115. The fourth-order valence-corrected chi connectivity index (χ4v) is 3.62. The van der Waals surface area contributed by atoms with Gasteiger partial charge in [-0.1, -0.05) is 35.9 Å². The largest absolute Gasteiger partial charge is 0.494 e. The first-order chi connectivity index (χ1) is 16.4. The molecular weight excluding hydrogens is 456 g/mol. The first-order valence-corrected chi connectivity index (χ1v) is 10.9. The molecule has 0 radical (unpaired) electrons. The van der Waals surface area contributed by atoms with E-state index in [2.05, 4.69) is 5.32 Å². The Morgan fingerprint density at radius 2 is 1.68 bits per heavy atom. The maximum absolute atomic E-state index is 13.1. The van der Waals surface area contributed by atoms with E-state index >= 15 is 0 Å². The summed E-state index contributed by atoms with van der Waals surface area (Å²) >= 11 is 6.01. The van der Waals surface area contributed by atoms with E-state index in [1.807, 2.05) is 25.1 Å². The SMILES string of the molecule is CCOc1ccc(N2C(=O)NC(=O)/C(=C/c3cccc(OCc4cccc(Cl)c4)c3)C2=O)cc1. The number of nitrogens with zero attached hydrogens (tertiary/aromatic N) is 1. The van der Waals surface area contributed by atoms with Gasteiger partial charge < -0.3 is 9.47 Å². The van der Waals surface area contributed by atoms with Crippen LogP contribution in [0, 0.1) is 0 Å². The van der Waals surface area contributed by atoms with Crippen LogP contribution in [0.2, 0.25) is 5.02 Å². The molecular formula is C26H21ClN2O5. The lowest BCUT2D eigenvalue weighted by molar-refractivity contribution is -0.122. The van der Waals surface area contributed by atoms with Crippen molar-refractivity contribution in [3.63, 3.8) is 0 Å². The summed E-state index contributed by atoms with van der Waals surface area (Å²) in [4.78, 5) is 38.9. The third-order valence-corrected chi connectivity index (χ3v) is 5.21. The van der Waals surface area contributed by atoms with E-state index < -0.39 is 17.8 Å². The Bertz CT molecular complexity index is 1270. The average molecular weight is 477 g/mol. The number of benzene rings is 3. The van der Waals surface area contributed by atoms with Crippen molar-refractivity contribution in [2.75, 3.05) is 11.5 Å². The van der Waals surface area contributed by atoms with E-state index in [9.17, 15) is 14.4 Å². The van der Waals surface area contributed by atoms with Gasteiger partial charge in [-0.05, 0) is 72.7 Å². The van der Waals surface area contributed by atoms with Gasteiger partial charge in [0.1, 0.15) is 23.7 Å². The molecule has 7 nitrogen and oxygen atoms in total. The lowest BCUT2D eigenvalue weighted by atomic mass is 10.1. The summed E-state index contributed by atoms with van der Waals surface area (Å²) in [6.07, 6.45) is 1.43. The van der Waals surface area contributed by atoms with Crippen LogP contribution in [-0.4, -0.2) is 24.5 Å². The van der Waals surface area contributed by atoms with Gasteiger partial charge in [-0.3, -0.25) is 14.9 Å². The summed E-state index contributed by atoms with van der Waals surface area (Å²) in [7, 11) is 0. The standard InChI is InChI=1S/C26H21ClN2O5/c1-2-33-21-11-9-20(10-12-21)29-25(31)23(24(30)28-26(29)32)15-17-5-4-8-22(14-17)34-16-18-6-3-7-19(27)13-18/h3-15H,2,16H2,1H3,(H,28,30,32)/b23-15-. The second-order valence-corrected chi connectivity index (χ2v) is 7.81. The lowest BCUT2D eigenvalue weighted by Crippen LogP contribution is -2.54. The number of anilines is 1. The minimum Gasteiger partial charge on any atom is -0.494 e. The van der Waals surface area contributed by atoms with Crippen LogP contribution in [0.25, 0.3) is 6.08 Å². The summed E-state index contributed by atoms with van der Waals surface area (Å²) in [6.45, 7) is 2.65. The maximum atomic E-state index is 13.1. The van der Waals surface area contributed by atoms with Crippen molar-refractivity contribution in [2.45, 2.75) is 13.5 Å². The summed E-state index contributed by atoms with van der Waals surface area (Å²) in [6, 6.07) is 20.0. The molecule has 3 aromatic rings. The highest BCUT2D eigenvalue weighted by Crippen LogP contribution is 2.25. The molecule has 0 atom stereocenters. The number of halogens is 1. The summed E-state index contributed by atoms with van der Waals surface area (Å²) in [5.74, 6) is -0.319. The number of rotatable bonds is 7. The monoisotopic (exact) mass is 476 g/mol. The molecule has 4 amide bonds. The number of hydrogen-bond donors (Lipinski definition) is 1. The second kappa shape index (κ2) is 10.2. The van der Waals surface area contributed by atoms with E-state index in [0.29, 0.717) is 41.0 Å². The molecule has 0 bridgehead atoms. The van der Waals surface area contributed by atoms with Crippen LogP contribution in [0.4, 0.5) is 10.5 Å². The molecule has 1 heterocycles. The Morgan fingerprint density at radius 3 is 2.41 bits per heavy atom. The molecule has 0 unspecified atom stereocenters. The van der Waals surface area contributed by atoms with Crippen molar-refractivity contribution in [1.82, 2.24) is 5.32 Å². The number of barbiturate groups is 1. The highest BCUT2D eigenvalue weighted by atomic mass is 35.5. The molecule has 34 heavy (non-hydrogen) atoms. The summed E-state index contributed by atoms with van der Waals surface area (Å²) in [5, 5.41) is 2.84. The Balaban J connectivity index is 1.55. The molecule has 1 aliphatic heterocycles. The number of carbonyl (C=O) groups excluding carboxylic acids is 3. The van der Waals surface area contributed by atoms with Gasteiger partial charge in [-0.25, -0.2) is 9.69 Å². The second-order valence-electron chi connectivity index (χ2n) is 7.38. The smallest absolute Gasteiger partial charge is 0.335 e. The van der Waals surface area contributed by atoms with Crippen molar-refractivity contribution in [1.29, 1.82) is 0 Å². The highest BCUT2D eigenvalue weighted by molar-refractivity contribution is 6.39. The van der Waals surface area contributed by atoms with Crippen LogP contribution >= 0.6 is 11.6 Å². The lowest BCUT2D eigenvalue weighted by Gasteiger charge is -2.26. The number of carbonyl (C=O) groups is 3. The highest BCUT2D eigenvalue weighted by Gasteiger charge is 2.36. The number of urea groups is 1. The van der Waals surface area contributed by atoms with Crippen LogP contribution in [-0.2, 0) is 16.2 Å². The van der Waals surface area contributed by atoms with Gasteiger partial charge in [0.2, 0.25) is 0 Å². The summed E-state index contributed by atoms with van der Waals surface area (Å²) in [5.41, 5.74) is 1.63. The van der Waals surface area contributed by atoms with Gasteiger partial charge in [-0.15, -0.1) is 0 Å². The Kier molecular flexibility index (Phi) is 6.94. The van der Waals surface area contributed by atoms with Crippen LogP contribution in [0.3, 0.4) is 0 Å². The molecule has 1 aliphatic rings. The van der Waals surface area contributed by atoms with Gasteiger partial charge in [-0.2, -0.15) is 0 Å². The van der Waals surface area contributed by atoms with Crippen molar-refractivity contribution < 1.29 is 23.9 Å². The predicted octanol–water partition coefficient (Wildman–Crippen LogP) is 4.98. The Morgan fingerprint density at radius 1 is 0.912 bits per heavy atom. The molecule has 0 spiro atoms. The fourth-order valence-electron chi connectivity index (χ4n) is 3.40. The zero-order valence-electron chi connectivity index (χ0n) is 18.3. The van der Waals surface area contributed by atoms with Crippen molar-refractivity contribution in [3.8, 4) is 11.5 Å². The average Bonchev–Trinajstić information content (AvgIpc) is 2.82. The number of ether oxygens (including phenoxy) is 2. The number of imide groups is 2. The van der Waals surface area contributed by atoms with Gasteiger partial charge in [0.05, 0.1) is 12.3 Å². The molecule has 4 rings (SSSR count). The molecule has 0 aromatic heterocycles. The van der Waals surface area contributed by atoms with Crippen molar-refractivity contribution in [2.24, 2.45) is 0 Å². The molecule has 0 saturated carbocycles. The molecule has 1 fully saturated rings. The van der Waals surface area contributed by atoms with Crippen LogP contribution in [0.5, 0.6) is 11.5 Å². The number of hydrogen-bond acceptors (Lipinski definition) is 5. The molecule has 1 N–H and O–H groups in total. The third-order valence-electron chi connectivity index (χ3n) is 4.97. The van der Waals surface area contributed by atoms with Crippen molar-refractivity contribution in [3.05, 3.63) is 94.5 Å². The minimum atomic E-state index is -0.810. The van der Waals surface area contributed by atoms with E-state index in [4.69, 9.17) is 21.1 Å². The van der Waals surface area contributed by atoms with Gasteiger partial charge in [0.25, 0.3) is 11.8 Å². The van der Waals surface area contributed by atoms with Gasteiger partial charge >= 0.3 is 6.03 Å². The van der Waals surface area contributed by atoms with Crippen molar-refractivity contribution >= 4 is 41.2 Å². The predicted molar refractivity (Wildman–Crippen MR) is 129 cm³/mol. The first-order valence-electron chi connectivity index (χ1n) is 10.6. The molecule has 172 valence electrons. The molecule has 1 saturated heterocycles. The van der Waals surface area contributed by atoms with Crippen LogP contribution in [0.1, 0.15) is 18.1 Å². The van der Waals surface area contributed by atoms with E-state index in [1.54, 1.807) is 54.6 Å². The van der Waals surface area contributed by atoms with E-state index in [1.165, 1.54) is 6.08 Å². The zero-order chi connectivity index (χ0) is 24.1. The van der Waals surface area contributed by atoms with Crippen LogP contribution < -0.4 is 19.7 Å². The number of nitrogens with one attached hydrogen (secondary N) is 1. The van der Waals surface area contributed by atoms with E-state index in [0.717, 1.165) is 10.5 Å². The molecule has 3 aromatic carbocycles. The minimum absolute atomic E-state index is 0.166. The van der Waals surface area contributed by atoms with Crippen LogP contribution in [0.15, 0.2) is 78.4 Å². The quantitative estimate of drug-likeness (QED) is 0.384. The maximum Gasteiger partial charge on any atom is 0.335 e. The van der Waals surface area contributed by atoms with E-state index in [-0.39, 0.29) is 5.57 Å². The topological polar surface area (TPSA) is 84.9 Å².